The van der Waals surface area contributed by atoms with Gasteiger partial charge in [0.15, 0.2) is 5.78 Å². The molecular weight excluding hydrogens is 265 g/mol. The molecule has 1 N–H and O–H groups in total. The lowest BCUT2D eigenvalue weighted by Crippen LogP contribution is -2.03. The molecule has 0 saturated carbocycles. The fraction of sp³-hybridized carbons (Fsp3) is 0. The van der Waals surface area contributed by atoms with E-state index < -0.39 is 5.82 Å². The predicted octanol–water partition coefficient (Wildman–Crippen LogP) is 4.19. The average molecular weight is 274 g/mol. The number of halogens is 2. The fourth-order valence-corrected chi connectivity index (χ4v) is 2.39. The first-order valence-corrected chi connectivity index (χ1v) is 6.11. The lowest BCUT2D eigenvalue weighted by molar-refractivity contribution is 0.103. The summed E-state index contributed by atoms with van der Waals surface area (Å²) >= 11 is 6.11. The van der Waals surface area contributed by atoms with Crippen LogP contribution in [0.3, 0.4) is 0 Å². The van der Waals surface area contributed by atoms with Gasteiger partial charge in [0, 0.05) is 22.7 Å². The number of aromatic amines is 1. The smallest absolute Gasteiger partial charge is 0.198 e. The number of carbonyl (C=O) groups excluding carboxylic acids is 1. The van der Waals surface area contributed by atoms with Gasteiger partial charge in [-0.2, -0.15) is 0 Å². The molecule has 0 aliphatic carbocycles. The van der Waals surface area contributed by atoms with Gasteiger partial charge in [0.2, 0.25) is 0 Å². The SMILES string of the molecule is O=C(c1ccccc1F)c1c[nH]c2cccc(Cl)c12. The van der Waals surface area contributed by atoms with Crippen molar-refractivity contribution in [3.05, 3.63) is 70.6 Å². The van der Waals surface area contributed by atoms with E-state index in [1.54, 1.807) is 30.5 Å². The highest BCUT2D eigenvalue weighted by molar-refractivity contribution is 6.37. The molecule has 0 fully saturated rings. The Kier molecular flexibility index (Phi) is 2.84. The number of nitrogens with one attached hydrogen (secondary N) is 1. The third kappa shape index (κ3) is 1.92. The molecule has 19 heavy (non-hydrogen) atoms. The third-order valence-corrected chi connectivity index (χ3v) is 3.33. The molecule has 0 aliphatic heterocycles. The molecule has 4 heteroatoms. The van der Waals surface area contributed by atoms with E-state index in [1.807, 2.05) is 6.07 Å². The first kappa shape index (κ1) is 11.9. The first-order chi connectivity index (χ1) is 9.18. The molecular formula is C15H9ClFNO. The Morgan fingerprint density at radius 3 is 2.63 bits per heavy atom. The largest absolute Gasteiger partial charge is 0.360 e. The zero-order valence-electron chi connectivity index (χ0n) is 9.78. The number of fused-ring (bicyclic) bond motifs is 1. The zero-order chi connectivity index (χ0) is 13.4. The summed E-state index contributed by atoms with van der Waals surface area (Å²) in [5.41, 5.74) is 1.18. The second kappa shape index (κ2) is 4.52. The summed E-state index contributed by atoms with van der Waals surface area (Å²) in [7, 11) is 0. The maximum Gasteiger partial charge on any atom is 0.198 e. The molecule has 3 rings (SSSR count). The van der Waals surface area contributed by atoms with E-state index in [0.717, 1.165) is 5.52 Å². The Morgan fingerprint density at radius 2 is 1.84 bits per heavy atom. The molecule has 0 bridgehead atoms. The number of carbonyl (C=O) groups is 1. The number of H-pyrrole nitrogens is 1. The summed E-state index contributed by atoms with van der Waals surface area (Å²) in [6, 6.07) is 11.2. The van der Waals surface area contributed by atoms with Crippen molar-refractivity contribution in [2.45, 2.75) is 0 Å². The Morgan fingerprint density at radius 1 is 1.05 bits per heavy atom. The monoisotopic (exact) mass is 273 g/mol. The van der Waals surface area contributed by atoms with Crippen molar-refractivity contribution in [3.8, 4) is 0 Å². The fourth-order valence-electron chi connectivity index (χ4n) is 2.11. The van der Waals surface area contributed by atoms with Gasteiger partial charge in [0.1, 0.15) is 5.82 Å². The molecule has 0 saturated heterocycles. The summed E-state index contributed by atoms with van der Waals surface area (Å²) in [6.45, 7) is 0. The van der Waals surface area contributed by atoms with Crippen LogP contribution in [0.25, 0.3) is 10.9 Å². The molecule has 2 aromatic carbocycles. The number of ketones is 1. The van der Waals surface area contributed by atoms with Crippen molar-refractivity contribution < 1.29 is 9.18 Å². The second-order valence-electron chi connectivity index (χ2n) is 4.17. The highest BCUT2D eigenvalue weighted by Gasteiger charge is 2.18. The van der Waals surface area contributed by atoms with Crippen molar-refractivity contribution in [2.24, 2.45) is 0 Å². The topological polar surface area (TPSA) is 32.9 Å². The highest BCUT2D eigenvalue weighted by Crippen LogP contribution is 2.28. The first-order valence-electron chi connectivity index (χ1n) is 5.73. The predicted molar refractivity (Wildman–Crippen MR) is 73.1 cm³/mol. The van der Waals surface area contributed by atoms with E-state index in [0.29, 0.717) is 16.0 Å². The highest BCUT2D eigenvalue weighted by atomic mass is 35.5. The third-order valence-electron chi connectivity index (χ3n) is 3.02. The number of hydrogen-bond donors (Lipinski definition) is 1. The number of aromatic nitrogens is 1. The second-order valence-corrected chi connectivity index (χ2v) is 4.58. The summed E-state index contributed by atoms with van der Waals surface area (Å²) in [4.78, 5) is 15.3. The zero-order valence-corrected chi connectivity index (χ0v) is 10.5. The van der Waals surface area contributed by atoms with Gasteiger partial charge in [-0.05, 0) is 24.3 Å². The van der Waals surface area contributed by atoms with Crippen LogP contribution in [0.2, 0.25) is 5.02 Å². The van der Waals surface area contributed by atoms with Crippen LogP contribution in [0.4, 0.5) is 4.39 Å². The molecule has 94 valence electrons. The Hall–Kier alpha value is -2.13. The van der Waals surface area contributed by atoms with E-state index in [-0.39, 0.29) is 11.3 Å². The minimum atomic E-state index is -0.533. The molecule has 0 spiro atoms. The van der Waals surface area contributed by atoms with Crippen molar-refractivity contribution >= 4 is 28.3 Å². The minimum absolute atomic E-state index is 0.0447. The van der Waals surface area contributed by atoms with Gasteiger partial charge in [0.05, 0.1) is 10.6 Å². The number of rotatable bonds is 2. The van der Waals surface area contributed by atoms with Crippen molar-refractivity contribution in [1.29, 1.82) is 0 Å². The molecule has 0 unspecified atom stereocenters. The van der Waals surface area contributed by atoms with Crippen LogP contribution >= 0.6 is 11.6 Å². The summed E-state index contributed by atoms with van der Waals surface area (Å²) < 4.78 is 13.7. The molecule has 1 aromatic heterocycles. The van der Waals surface area contributed by atoms with Gasteiger partial charge in [0.25, 0.3) is 0 Å². The van der Waals surface area contributed by atoms with Crippen molar-refractivity contribution in [3.63, 3.8) is 0 Å². The Bertz CT molecular complexity index is 779. The van der Waals surface area contributed by atoms with E-state index in [4.69, 9.17) is 11.6 Å². The van der Waals surface area contributed by atoms with E-state index in [2.05, 4.69) is 4.98 Å². The lowest BCUT2D eigenvalue weighted by Gasteiger charge is -2.02. The summed E-state index contributed by atoms with van der Waals surface area (Å²) in [5, 5.41) is 1.09. The van der Waals surface area contributed by atoms with Gasteiger partial charge in [-0.3, -0.25) is 4.79 Å². The summed E-state index contributed by atoms with van der Waals surface area (Å²) in [6.07, 6.45) is 1.56. The van der Waals surface area contributed by atoms with Crippen molar-refractivity contribution in [2.75, 3.05) is 0 Å². The molecule has 3 aromatic rings. The van der Waals surface area contributed by atoms with Crippen LogP contribution in [0, 0.1) is 5.82 Å². The van der Waals surface area contributed by atoms with Gasteiger partial charge in [-0.1, -0.05) is 29.8 Å². The lowest BCUT2D eigenvalue weighted by atomic mass is 10.0. The Labute approximate surface area is 113 Å². The van der Waals surface area contributed by atoms with E-state index in [1.165, 1.54) is 12.1 Å². The van der Waals surface area contributed by atoms with Gasteiger partial charge in [-0.25, -0.2) is 4.39 Å². The summed E-state index contributed by atoms with van der Waals surface area (Å²) in [5.74, 6) is -0.911. The molecule has 0 atom stereocenters. The van der Waals surface area contributed by atoms with Crippen LogP contribution in [0.1, 0.15) is 15.9 Å². The van der Waals surface area contributed by atoms with Crippen LogP contribution in [-0.4, -0.2) is 10.8 Å². The quantitative estimate of drug-likeness (QED) is 0.698. The normalized spacial score (nSPS) is 10.8. The Balaban J connectivity index is 2.21. The maximum atomic E-state index is 13.7. The molecule has 0 radical (unpaired) electrons. The van der Waals surface area contributed by atoms with E-state index >= 15 is 0 Å². The minimum Gasteiger partial charge on any atom is -0.360 e. The molecule has 1 heterocycles. The molecule has 0 aliphatic rings. The molecule has 0 amide bonds. The van der Waals surface area contributed by atoms with Crippen LogP contribution in [-0.2, 0) is 0 Å². The van der Waals surface area contributed by atoms with Crippen LogP contribution in [0.15, 0.2) is 48.7 Å². The van der Waals surface area contributed by atoms with Gasteiger partial charge in [-0.15, -0.1) is 0 Å². The average Bonchev–Trinajstić information content (AvgIpc) is 2.84. The van der Waals surface area contributed by atoms with Gasteiger partial charge >= 0.3 is 0 Å². The van der Waals surface area contributed by atoms with Crippen molar-refractivity contribution in [1.82, 2.24) is 4.98 Å². The van der Waals surface area contributed by atoms with E-state index in [9.17, 15) is 9.18 Å². The van der Waals surface area contributed by atoms with Gasteiger partial charge < -0.3 is 4.98 Å². The number of hydrogen-bond acceptors (Lipinski definition) is 1. The standard InChI is InChI=1S/C15H9ClFNO/c16-11-5-3-7-13-14(11)10(8-18-13)15(19)9-4-1-2-6-12(9)17/h1-8,18H. The van der Waals surface area contributed by atoms with Crippen LogP contribution in [0.5, 0.6) is 0 Å². The number of benzene rings is 2. The van der Waals surface area contributed by atoms with Crippen LogP contribution < -0.4 is 0 Å². The molecule has 2 nitrogen and oxygen atoms in total. The maximum absolute atomic E-state index is 13.7.